The third-order valence-electron chi connectivity index (χ3n) is 1.84. The minimum Gasteiger partial charge on any atom is -0.399 e. The van der Waals surface area contributed by atoms with E-state index in [1.807, 2.05) is 25.1 Å². The molecule has 0 spiro atoms. The molecular formula is C10H16N2O. The number of nitrogen functional groups attached to an aromatic ring is 1. The van der Waals surface area contributed by atoms with Gasteiger partial charge in [0.2, 0.25) is 0 Å². The lowest BCUT2D eigenvalue weighted by Gasteiger charge is -2.10. The standard InChI is InChI=1S/C10H16N2O/c1-3-8-7-9(11)5-6-10(8)12-13-4-2/h5-7,12H,3-4,11H2,1-2H3. The van der Waals surface area contributed by atoms with Crippen LogP contribution in [0.25, 0.3) is 0 Å². The van der Waals surface area contributed by atoms with Crippen molar-refractivity contribution in [3.8, 4) is 0 Å². The average Bonchev–Trinajstić information content (AvgIpc) is 2.16. The molecule has 0 atom stereocenters. The minimum atomic E-state index is 0.646. The van der Waals surface area contributed by atoms with Gasteiger partial charge in [-0.2, -0.15) is 0 Å². The van der Waals surface area contributed by atoms with Crippen molar-refractivity contribution >= 4 is 11.4 Å². The molecule has 0 saturated heterocycles. The highest BCUT2D eigenvalue weighted by atomic mass is 16.6. The summed E-state index contributed by atoms with van der Waals surface area (Å²) >= 11 is 0. The molecule has 1 aromatic rings. The zero-order chi connectivity index (χ0) is 9.68. The van der Waals surface area contributed by atoms with Crippen LogP contribution in [0.2, 0.25) is 0 Å². The van der Waals surface area contributed by atoms with Crippen molar-refractivity contribution in [2.45, 2.75) is 20.3 Å². The Hall–Kier alpha value is -1.22. The average molecular weight is 180 g/mol. The van der Waals surface area contributed by atoms with Gasteiger partial charge in [-0.05, 0) is 37.1 Å². The first-order valence-corrected chi connectivity index (χ1v) is 4.54. The summed E-state index contributed by atoms with van der Waals surface area (Å²) in [4.78, 5) is 5.11. The highest BCUT2D eigenvalue weighted by Crippen LogP contribution is 2.19. The van der Waals surface area contributed by atoms with E-state index in [1.165, 1.54) is 5.56 Å². The van der Waals surface area contributed by atoms with Gasteiger partial charge in [0.05, 0.1) is 12.3 Å². The maximum Gasteiger partial charge on any atom is 0.0717 e. The van der Waals surface area contributed by atoms with Gasteiger partial charge in [-0.25, -0.2) is 0 Å². The van der Waals surface area contributed by atoms with Crippen LogP contribution in [0.1, 0.15) is 19.4 Å². The van der Waals surface area contributed by atoms with E-state index < -0.39 is 0 Å². The van der Waals surface area contributed by atoms with Crippen LogP contribution in [-0.4, -0.2) is 6.61 Å². The SMILES string of the molecule is CCONc1ccc(N)cc1CC. The van der Waals surface area contributed by atoms with Crippen LogP contribution in [0.15, 0.2) is 18.2 Å². The molecule has 3 nitrogen and oxygen atoms in total. The molecule has 0 aromatic heterocycles. The Morgan fingerprint density at radius 2 is 2.15 bits per heavy atom. The topological polar surface area (TPSA) is 47.3 Å². The second-order valence-electron chi connectivity index (χ2n) is 2.81. The van der Waals surface area contributed by atoms with Gasteiger partial charge in [-0.3, -0.25) is 10.3 Å². The lowest BCUT2D eigenvalue weighted by atomic mass is 10.1. The zero-order valence-electron chi connectivity index (χ0n) is 8.13. The second kappa shape index (κ2) is 4.72. The Bertz CT molecular complexity index is 274. The third kappa shape index (κ3) is 2.63. The maximum atomic E-state index is 5.66. The van der Waals surface area contributed by atoms with Gasteiger partial charge >= 0.3 is 0 Å². The summed E-state index contributed by atoms with van der Waals surface area (Å²) in [5.74, 6) is 0. The van der Waals surface area contributed by atoms with Crippen molar-refractivity contribution in [1.82, 2.24) is 0 Å². The van der Waals surface area contributed by atoms with E-state index in [1.54, 1.807) is 0 Å². The summed E-state index contributed by atoms with van der Waals surface area (Å²) in [5, 5.41) is 0. The number of aryl methyl sites for hydroxylation is 1. The van der Waals surface area contributed by atoms with Gasteiger partial charge in [0.15, 0.2) is 0 Å². The number of hydrogen-bond acceptors (Lipinski definition) is 3. The minimum absolute atomic E-state index is 0.646. The Balaban J connectivity index is 2.79. The van der Waals surface area contributed by atoms with Gasteiger partial charge in [-0.15, -0.1) is 0 Å². The fourth-order valence-corrected chi connectivity index (χ4v) is 1.16. The predicted molar refractivity (Wildman–Crippen MR) is 55.5 cm³/mol. The summed E-state index contributed by atoms with van der Waals surface area (Å²) in [6, 6.07) is 5.76. The van der Waals surface area contributed by atoms with E-state index in [2.05, 4.69) is 12.4 Å². The van der Waals surface area contributed by atoms with Crippen LogP contribution in [0, 0.1) is 0 Å². The van der Waals surface area contributed by atoms with Crippen molar-refractivity contribution in [2.24, 2.45) is 0 Å². The Morgan fingerprint density at radius 3 is 2.77 bits per heavy atom. The van der Waals surface area contributed by atoms with E-state index in [0.717, 1.165) is 17.8 Å². The molecule has 0 heterocycles. The summed E-state index contributed by atoms with van der Waals surface area (Å²) in [6.45, 7) is 4.68. The van der Waals surface area contributed by atoms with Gasteiger partial charge in [0, 0.05) is 5.69 Å². The summed E-state index contributed by atoms with van der Waals surface area (Å²) in [5.41, 5.74) is 11.5. The van der Waals surface area contributed by atoms with Crippen LogP contribution in [-0.2, 0) is 11.3 Å². The Morgan fingerprint density at radius 1 is 1.38 bits per heavy atom. The Labute approximate surface area is 78.8 Å². The van der Waals surface area contributed by atoms with Crippen molar-refractivity contribution < 1.29 is 4.84 Å². The van der Waals surface area contributed by atoms with E-state index in [9.17, 15) is 0 Å². The molecule has 0 radical (unpaired) electrons. The first kappa shape index (κ1) is 9.86. The molecule has 0 amide bonds. The zero-order valence-corrected chi connectivity index (χ0v) is 8.13. The molecule has 3 heteroatoms. The molecule has 0 saturated carbocycles. The molecule has 72 valence electrons. The lowest BCUT2D eigenvalue weighted by Crippen LogP contribution is -2.03. The van der Waals surface area contributed by atoms with Crippen LogP contribution >= 0.6 is 0 Å². The molecule has 13 heavy (non-hydrogen) atoms. The van der Waals surface area contributed by atoms with Crippen LogP contribution < -0.4 is 11.2 Å². The summed E-state index contributed by atoms with van der Waals surface area (Å²) in [7, 11) is 0. The predicted octanol–water partition coefficient (Wildman–Crippen LogP) is 2.19. The van der Waals surface area contributed by atoms with Crippen molar-refractivity contribution in [1.29, 1.82) is 0 Å². The molecule has 0 aliphatic carbocycles. The molecule has 0 unspecified atom stereocenters. The number of nitrogens with one attached hydrogen (secondary N) is 1. The number of benzene rings is 1. The fraction of sp³-hybridized carbons (Fsp3) is 0.400. The second-order valence-corrected chi connectivity index (χ2v) is 2.81. The number of hydrogen-bond donors (Lipinski definition) is 2. The highest BCUT2D eigenvalue weighted by Gasteiger charge is 1.99. The third-order valence-corrected chi connectivity index (χ3v) is 1.84. The van der Waals surface area contributed by atoms with Crippen molar-refractivity contribution in [2.75, 3.05) is 17.8 Å². The largest absolute Gasteiger partial charge is 0.399 e. The summed E-state index contributed by atoms with van der Waals surface area (Å²) in [6.07, 6.45) is 0.945. The normalized spacial score (nSPS) is 10.0. The summed E-state index contributed by atoms with van der Waals surface area (Å²) < 4.78 is 0. The first-order chi connectivity index (χ1) is 6.27. The van der Waals surface area contributed by atoms with Gasteiger partial charge in [-0.1, -0.05) is 6.92 Å². The quantitative estimate of drug-likeness (QED) is 0.551. The van der Waals surface area contributed by atoms with E-state index in [4.69, 9.17) is 10.6 Å². The maximum absolute atomic E-state index is 5.66. The van der Waals surface area contributed by atoms with E-state index >= 15 is 0 Å². The molecule has 0 bridgehead atoms. The first-order valence-electron chi connectivity index (χ1n) is 4.54. The van der Waals surface area contributed by atoms with Crippen LogP contribution in [0.3, 0.4) is 0 Å². The van der Waals surface area contributed by atoms with Gasteiger partial charge in [0.1, 0.15) is 0 Å². The number of rotatable bonds is 4. The van der Waals surface area contributed by atoms with Crippen LogP contribution in [0.5, 0.6) is 0 Å². The molecular weight excluding hydrogens is 164 g/mol. The highest BCUT2D eigenvalue weighted by molar-refractivity contribution is 5.57. The molecule has 1 rings (SSSR count). The van der Waals surface area contributed by atoms with Gasteiger partial charge in [0.25, 0.3) is 0 Å². The monoisotopic (exact) mass is 180 g/mol. The molecule has 3 N–H and O–H groups in total. The van der Waals surface area contributed by atoms with Gasteiger partial charge < -0.3 is 5.73 Å². The van der Waals surface area contributed by atoms with E-state index in [0.29, 0.717) is 6.61 Å². The fourth-order valence-electron chi connectivity index (χ4n) is 1.16. The molecule has 0 aliphatic heterocycles. The molecule has 0 aliphatic rings. The molecule has 1 aromatic carbocycles. The number of nitrogens with two attached hydrogens (primary N) is 1. The smallest absolute Gasteiger partial charge is 0.0717 e. The van der Waals surface area contributed by atoms with E-state index in [-0.39, 0.29) is 0 Å². The van der Waals surface area contributed by atoms with Crippen LogP contribution in [0.4, 0.5) is 11.4 Å². The lowest BCUT2D eigenvalue weighted by molar-refractivity contribution is 0.210. The number of anilines is 2. The molecule has 0 fully saturated rings. The van der Waals surface area contributed by atoms with Crippen molar-refractivity contribution in [3.63, 3.8) is 0 Å². The Kier molecular flexibility index (Phi) is 3.58. The van der Waals surface area contributed by atoms with Crippen molar-refractivity contribution in [3.05, 3.63) is 23.8 Å².